The van der Waals surface area contributed by atoms with E-state index < -0.39 is 0 Å². The van der Waals surface area contributed by atoms with Gasteiger partial charge in [-0.15, -0.1) is 12.4 Å². The highest BCUT2D eigenvalue weighted by Gasteiger charge is 2.13. The molecule has 0 aromatic rings. The summed E-state index contributed by atoms with van der Waals surface area (Å²) in [6, 6.07) is 0. The van der Waals surface area contributed by atoms with Crippen LogP contribution in [0.2, 0.25) is 0 Å². The molecule has 0 heterocycles. The molecule has 2 N–H and O–H groups in total. The van der Waals surface area contributed by atoms with Gasteiger partial charge in [0.05, 0.1) is 0 Å². The third-order valence-corrected chi connectivity index (χ3v) is 3.61. The Kier molecular flexibility index (Phi) is 11.6. The van der Waals surface area contributed by atoms with Crippen molar-refractivity contribution in [2.24, 2.45) is 5.92 Å². The predicted molar refractivity (Wildman–Crippen MR) is 79.2 cm³/mol. The lowest BCUT2D eigenvalue weighted by atomic mass is 9.86. The van der Waals surface area contributed by atoms with Gasteiger partial charge < -0.3 is 10.6 Å². The first-order chi connectivity index (χ1) is 8.33. The van der Waals surface area contributed by atoms with Gasteiger partial charge in [-0.05, 0) is 25.3 Å². The predicted octanol–water partition coefficient (Wildman–Crippen LogP) is 2.88. The summed E-state index contributed by atoms with van der Waals surface area (Å²) < 4.78 is 0. The number of nitrogens with one attached hydrogen (secondary N) is 2. The summed E-state index contributed by atoms with van der Waals surface area (Å²) in [5.41, 5.74) is 0. The minimum absolute atomic E-state index is 0. The van der Waals surface area contributed by atoms with Gasteiger partial charge in [0.15, 0.2) is 0 Å². The standard InChI is InChI=1S/C14H28N2O.ClH/c1-2-15-11-12-16-14(17)10-6-9-13-7-4-3-5-8-13;/h13,15H,2-12H2,1H3,(H,16,17);1H. The van der Waals surface area contributed by atoms with Crippen molar-refractivity contribution >= 4 is 18.3 Å². The molecule has 1 amide bonds. The second kappa shape index (κ2) is 11.8. The van der Waals surface area contributed by atoms with Crippen LogP contribution in [0.5, 0.6) is 0 Å². The Morgan fingerprint density at radius 1 is 1.17 bits per heavy atom. The number of hydrogen-bond donors (Lipinski definition) is 2. The van der Waals surface area contributed by atoms with Crippen LogP contribution in [-0.2, 0) is 4.79 Å². The zero-order valence-electron chi connectivity index (χ0n) is 11.7. The third-order valence-electron chi connectivity index (χ3n) is 3.61. The fourth-order valence-corrected chi connectivity index (χ4v) is 2.58. The van der Waals surface area contributed by atoms with Crippen LogP contribution in [0.1, 0.15) is 58.3 Å². The van der Waals surface area contributed by atoms with Crippen molar-refractivity contribution in [2.45, 2.75) is 58.3 Å². The molecule has 0 aromatic carbocycles. The van der Waals surface area contributed by atoms with E-state index in [1.165, 1.54) is 38.5 Å². The van der Waals surface area contributed by atoms with E-state index in [2.05, 4.69) is 17.6 Å². The van der Waals surface area contributed by atoms with Gasteiger partial charge in [-0.3, -0.25) is 4.79 Å². The highest BCUT2D eigenvalue weighted by Crippen LogP contribution is 2.27. The molecule has 0 unspecified atom stereocenters. The highest BCUT2D eigenvalue weighted by atomic mass is 35.5. The Morgan fingerprint density at radius 3 is 2.56 bits per heavy atom. The van der Waals surface area contributed by atoms with E-state index in [4.69, 9.17) is 0 Å². The second-order valence-corrected chi connectivity index (χ2v) is 5.10. The quantitative estimate of drug-likeness (QED) is 0.670. The highest BCUT2D eigenvalue weighted by molar-refractivity contribution is 5.85. The largest absolute Gasteiger partial charge is 0.355 e. The van der Waals surface area contributed by atoms with Crippen LogP contribution in [0, 0.1) is 5.92 Å². The summed E-state index contributed by atoms with van der Waals surface area (Å²) in [5.74, 6) is 1.12. The number of amides is 1. The lowest BCUT2D eigenvalue weighted by Crippen LogP contribution is -2.31. The number of rotatable bonds is 8. The van der Waals surface area contributed by atoms with Gasteiger partial charge in [-0.2, -0.15) is 0 Å². The molecule has 0 spiro atoms. The molecule has 4 heteroatoms. The number of carbonyl (C=O) groups excluding carboxylic acids is 1. The molecule has 108 valence electrons. The molecule has 0 aliphatic heterocycles. The number of likely N-dealkylation sites (N-methyl/N-ethyl adjacent to an activating group) is 1. The topological polar surface area (TPSA) is 41.1 Å². The normalized spacial score (nSPS) is 16.1. The Morgan fingerprint density at radius 2 is 1.89 bits per heavy atom. The van der Waals surface area contributed by atoms with E-state index >= 15 is 0 Å². The summed E-state index contributed by atoms with van der Waals surface area (Å²) in [6.45, 7) is 4.69. The molecular weight excluding hydrogens is 248 g/mol. The fourth-order valence-electron chi connectivity index (χ4n) is 2.58. The van der Waals surface area contributed by atoms with Crippen molar-refractivity contribution in [1.29, 1.82) is 0 Å². The second-order valence-electron chi connectivity index (χ2n) is 5.10. The Labute approximate surface area is 118 Å². The molecule has 1 rings (SSSR count). The molecule has 0 bridgehead atoms. The molecule has 3 nitrogen and oxygen atoms in total. The Balaban J connectivity index is 0.00000289. The Bertz CT molecular complexity index is 206. The van der Waals surface area contributed by atoms with E-state index in [9.17, 15) is 4.79 Å². The van der Waals surface area contributed by atoms with E-state index in [0.29, 0.717) is 6.42 Å². The van der Waals surface area contributed by atoms with Gasteiger partial charge in [0.2, 0.25) is 5.91 Å². The van der Waals surface area contributed by atoms with E-state index in [1.807, 2.05) is 0 Å². The van der Waals surface area contributed by atoms with E-state index in [0.717, 1.165) is 32.0 Å². The first-order valence-corrected chi connectivity index (χ1v) is 7.30. The van der Waals surface area contributed by atoms with Crippen LogP contribution in [0.15, 0.2) is 0 Å². The third kappa shape index (κ3) is 8.76. The van der Waals surface area contributed by atoms with Crippen molar-refractivity contribution in [2.75, 3.05) is 19.6 Å². The number of carbonyl (C=O) groups is 1. The first-order valence-electron chi connectivity index (χ1n) is 7.30. The minimum atomic E-state index is 0. The maximum absolute atomic E-state index is 11.5. The molecule has 0 aromatic heterocycles. The van der Waals surface area contributed by atoms with Gasteiger partial charge in [0.25, 0.3) is 0 Å². The Hall–Kier alpha value is -0.280. The number of hydrogen-bond acceptors (Lipinski definition) is 2. The molecule has 1 aliphatic rings. The summed E-state index contributed by atoms with van der Waals surface area (Å²) in [4.78, 5) is 11.5. The van der Waals surface area contributed by atoms with Crippen LogP contribution < -0.4 is 10.6 Å². The molecule has 1 saturated carbocycles. The summed E-state index contributed by atoms with van der Waals surface area (Å²) in [7, 11) is 0. The van der Waals surface area contributed by atoms with Gasteiger partial charge in [0, 0.05) is 19.5 Å². The molecule has 0 saturated heterocycles. The molecule has 1 aliphatic carbocycles. The minimum Gasteiger partial charge on any atom is -0.355 e. The lowest BCUT2D eigenvalue weighted by Gasteiger charge is -2.21. The summed E-state index contributed by atoms with van der Waals surface area (Å²) in [5, 5.41) is 6.15. The van der Waals surface area contributed by atoms with Crippen LogP contribution in [0.3, 0.4) is 0 Å². The van der Waals surface area contributed by atoms with Crippen molar-refractivity contribution in [3.63, 3.8) is 0 Å². The van der Waals surface area contributed by atoms with Crippen LogP contribution in [-0.4, -0.2) is 25.5 Å². The maximum atomic E-state index is 11.5. The molecule has 1 fully saturated rings. The molecular formula is C14H29ClN2O. The van der Waals surface area contributed by atoms with Gasteiger partial charge in [-0.1, -0.05) is 39.0 Å². The summed E-state index contributed by atoms with van der Waals surface area (Å²) in [6.07, 6.45) is 10.0. The maximum Gasteiger partial charge on any atom is 0.220 e. The average Bonchev–Trinajstić information content (AvgIpc) is 2.36. The fraction of sp³-hybridized carbons (Fsp3) is 0.929. The van der Waals surface area contributed by atoms with Gasteiger partial charge >= 0.3 is 0 Å². The van der Waals surface area contributed by atoms with Crippen LogP contribution in [0.25, 0.3) is 0 Å². The van der Waals surface area contributed by atoms with Crippen LogP contribution in [0.4, 0.5) is 0 Å². The monoisotopic (exact) mass is 276 g/mol. The number of halogens is 1. The zero-order chi connectivity index (χ0) is 12.3. The van der Waals surface area contributed by atoms with Crippen molar-refractivity contribution < 1.29 is 4.79 Å². The van der Waals surface area contributed by atoms with E-state index in [1.54, 1.807) is 0 Å². The zero-order valence-corrected chi connectivity index (χ0v) is 12.5. The first kappa shape index (κ1) is 17.7. The average molecular weight is 277 g/mol. The van der Waals surface area contributed by atoms with Gasteiger partial charge in [0.1, 0.15) is 0 Å². The molecule has 18 heavy (non-hydrogen) atoms. The molecule has 0 radical (unpaired) electrons. The van der Waals surface area contributed by atoms with E-state index in [-0.39, 0.29) is 18.3 Å². The van der Waals surface area contributed by atoms with Crippen molar-refractivity contribution in [3.8, 4) is 0 Å². The van der Waals surface area contributed by atoms with Gasteiger partial charge in [-0.25, -0.2) is 0 Å². The molecule has 0 atom stereocenters. The SMILES string of the molecule is CCNCCNC(=O)CCCC1CCCCC1.Cl. The van der Waals surface area contributed by atoms with Crippen LogP contribution >= 0.6 is 12.4 Å². The van der Waals surface area contributed by atoms with Crippen molar-refractivity contribution in [3.05, 3.63) is 0 Å². The summed E-state index contributed by atoms with van der Waals surface area (Å²) >= 11 is 0. The lowest BCUT2D eigenvalue weighted by molar-refractivity contribution is -0.121. The smallest absolute Gasteiger partial charge is 0.220 e. The van der Waals surface area contributed by atoms with Crippen molar-refractivity contribution in [1.82, 2.24) is 10.6 Å².